The van der Waals surface area contributed by atoms with Gasteiger partial charge in [-0.1, -0.05) is 12.1 Å². The molecule has 1 fully saturated rings. The molecule has 0 bridgehead atoms. The maximum atomic E-state index is 12.3. The highest BCUT2D eigenvalue weighted by Crippen LogP contribution is 2.18. The molecular weight excluding hydrogens is 262 g/mol. The molecule has 1 aromatic rings. The summed E-state index contributed by atoms with van der Waals surface area (Å²) in [6.07, 6.45) is 2.87. The van der Waals surface area contributed by atoms with E-state index in [0.29, 0.717) is 12.8 Å². The first-order valence-corrected chi connectivity index (χ1v) is 8.50. The predicted molar refractivity (Wildman–Crippen MR) is 76.1 cm³/mol. The Hall–Kier alpha value is -1.07. The van der Waals surface area contributed by atoms with Gasteiger partial charge in [0.05, 0.1) is 11.0 Å². The van der Waals surface area contributed by atoms with Crippen LogP contribution in [0.2, 0.25) is 0 Å². The van der Waals surface area contributed by atoms with E-state index in [-0.39, 0.29) is 16.8 Å². The quantitative estimate of drug-likeness (QED) is 0.878. The van der Waals surface area contributed by atoms with Crippen molar-refractivity contribution in [1.82, 2.24) is 5.32 Å². The smallest absolute Gasteiger partial charge is 0.153 e. The van der Waals surface area contributed by atoms with Gasteiger partial charge >= 0.3 is 0 Å². The fourth-order valence-corrected chi connectivity index (χ4v) is 4.34. The van der Waals surface area contributed by atoms with Gasteiger partial charge in [-0.15, -0.1) is 0 Å². The number of rotatable bonds is 4. The van der Waals surface area contributed by atoms with E-state index in [1.165, 1.54) is 0 Å². The van der Waals surface area contributed by atoms with Crippen molar-refractivity contribution in [2.45, 2.75) is 30.9 Å². The van der Waals surface area contributed by atoms with Gasteiger partial charge in [-0.25, -0.2) is 8.42 Å². The van der Waals surface area contributed by atoms with Gasteiger partial charge in [-0.3, -0.25) is 0 Å². The van der Waals surface area contributed by atoms with Gasteiger partial charge in [-0.05, 0) is 56.5 Å². The van der Waals surface area contributed by atoms with Crippen molar-refractivity contribution in [2.24, 2.45) is 0 Å². The Kier molecular flexibility index (Phi) is 4.82. The molecule has 0 aliphatic carbocycles. The molecule has 1 aliphatic heterocycles. The Morgan fingerprint density at radius 1 is 1.26 bits per heavy atom. The number of sulfone groups is 1. The standard InChI is InChI=1S/C14H21NO3S/c16-13-4-1-3-12(11-13)7-10-19(17,18)14-5-2-8-15-9-6-14/h1,3-4,11,14-16H,2,5-10H2. The summed E-state index contributed by atoms with van der Waals surface area (Å²) in [5.41, 5.74) is 0.871. The molecule has 1 saturated heterocycles. The summed E-state index contributed by atoms with van der Waals surface area (Å²) in [6.45, 7) is 1.70. The molecule has 0 spiro atoms. The Morgan fingerprint density at radius 2 is 2.11 bits per heavy atom. The van der Waals surface area contributed by atoms with Crippen molar-refractivity contribution in [1.29, 1.82) is 0 Å². The Labute approximate surface area is 114 Å². The van der Waals surface area contributed by atoms with Gasteiger partial charge in [0.15, 0.2) is 9.84 Å². The number of aryl methyl sites for hydroxylation is 1. The molecule has 0 aromatic heterocycles. The van der Waals surface area contributed by atoms with Crippen LogP contribution in [0.1, 0.15) is 24.8 Å². The van der Waals surface area contributed by atoms with E-state index < -0.39 is 9.84 Å². The van der Waals surface area contributed by atoms with E-state index in [4.69, 9.17) is 0 Å². The first-order chi connectivity index (χ1) is 9.08. The van der Waals surface area contributed by atoms with E-state index in [0.717, 1.165) is 31.5 Å². The fourth-order valence-electron chi connectivity index (χ4n) is 2.48. The molecule has 0 amide bonds. The molecule has 0 saturated carbocycles. The first kappa shape index (κ1) is 14.3. The van der Waals surface area contributed by atoms with E-state index in [1.807, 2.05) is 6.07 Å². The lowest BCUT2D eigenvalue weighted by Gasteiger charge is -2.14. The minimum absolute atomic E-state index is 0.168. The third-order valence-corrected chi connectivity index (χ3v) is 5.88. The minimum atomic E-state index is -3.04. The third-order valence-electron chi connectivity index (χ3n) is 3.62. The maximum Gasteiger partial charge on any atom is 0.153 e. The number of hydrogen-bond acceptors (Lipinski definition) is 4. The number of nitrogens with one attached hydrogen (secondary N) is 1. The largest absolute Gasteiger partial charge is 0.508 e. The van der Waals surface area contributed by atoms with Crippen LogP contribution in [0.5, 0.6) is 5.75 Å². The lowest BCUT2D eigenvalue weighted by molar-refractivity contribution is 0.474. The van der Waals surface area contributed by atoms with Gasteiger partial charge in [0, 0.05) is 0 Å². The molecule has 1 atom stereocenters. The van der Waals surface area contributed by atoms with E-state index in [1.54, 1.807) is 18.2 Å². The SMILES string of the molecule is O=S(=O)(CCc1cccc(O)c1)C1CCCNCC1. The maximum absolute atomic E-state index is 12.3. The predicted octanol–water partition coefficient (Wildman–Crippen LogP) is 1.49. The molecule has 0 radical (unpaired) electrons. The molecule has 5 heteroatoms. The lowest BCUT2D eigenvalue weighted by Crippen LogP contribution is -2.26. The summed E-state index contributed by atoms with van der Waals surface area (Å²) < 4.78 is 24.6. The molecule has 2 rings (SSSR count). The van der Waals surface area contributed by atoms with E-state index in [9.17, 15) is 13.5 Å². The second-order valence-electron chi connectivity index (χ2n) is 5.09. The molecular formula is C14H21NO3S. The van der Waals surface area contributed by atoms with Gasteiger partial charge in [0.2, 0.25) is 0 Å². The summed E-state index contributed by atoms with van der Waals surface area (Å²) >= 11 is 0. The van der Waals surface area contributed by atoms with Crippen LogP contribution in [-0.4, -0.2) is 37.6 Å². The monoisotopic (exact) mass is 283 g/mol. The average Bonchev–Trinajstić information content (AvgIpc) is 2.66. The highest BCUT2D eigenvalue weighted by molar-refractivity contribution is 7.92. The molecule has 4 nitrogen and oxygen atoms in total. The minimum Gasteiger partial charge on any atom is -0.508 e. The van der Waals surface area contributed by atoms with Crippen molar-refractivity contribution in [3.8, 4) is 5.75 Å². The first-order valence-electron chi connectivity index (χ1n) is 6.78. The highest BCUT2D eigenvalue weighted by Gasteiger charge is 2.25. The molecule has 19 heavy (non-hydrogen) atoms. The molecule has 1 unspecified atom stereocenters. The van der Waals surface area contributed by atoms with Crippen LogP contribution >= 0.6 is 0 Å². The lowest BCUT2D eigenvalue weighted by atomic mass is 10.2. The van der Waals surface area contributed by atoms with Crippen LogP contribution in [0, 0.1) is 0 Å². The van der Waals surface area contributed by atoms with Crippen LogP contribution in [0.4, 0.5) is 0 Å². The van der Waals surface area contributed by atoms with Crippen LogP contribution in [0.3, 0.4) is 0 Å². The fraction of sp³-hybridized carbons (Fsp3) is 0.571. The molecule has 2 N–H and O–H groups in total. The Morgan fingerprint density at radius 3 is 2.89 bits per heavy atom. The Balaban J connectivity index is 1.96. The van der Waals surface area contributed by atoms with Crippen molar-refractivity contribution in [2.75, 3.05) is 18.8 Å². The number of aromatic hydroxyl groups is 1. The van der Waals surface area contributed by atoms with Gasteiger partial charge in [0.1, 0.15) is 5.75 Å². The second kappa shape index (κ2) is 6.39. The summed E-state index contributed by atoms with van der Waals surface area (Å²) in [5, 5.41) is 12.4. The van der Waals surface area contributed by atoms with Gasteiger partial charge in [0.25, 0.3) is 0 Å². The summed E-state index contributed by atoms with van der Waals surface area (Å²) in [4.78, 5) is 0. The zero-order valence-electron chi connectivity index (χ0n) is 11.0. The zero-order valence-corrected chi connectivity index (χ0v) is 11.8. The number of phenolic OH excluding ortho intramolecular Hbond substituents is 1. The molecule has 1 aromatic carbocycles. The zero-order chi connectivity index (χ0) is 13.7. The number of phenols is 1. The highest BCUT2D eigenvalue weighted by atomic mass is 32.2. The second-order valence-corrected chi connectivity index (χ2v) is 7.49. The summed E-state index contributed by atoms with van der Waals surface area (Å²) in [6, 6.07) is 6.82. The molecule has 106 valence electrons. The van der Waals surface area contributed by atoms with Crippen molar-refractivity contribution in [3.05, 3.63) is 29.8 Å². The van der Waals surface area contributed by atoms with E-state index >= 15 is 0 Å². The van der Waals surface area contributed by atoms with Crippen LogP contribution in [-0.2, 0) is 16.3 Å². The topological polar surface area (TPSA) is 66.4 Å². The van der Waals surface area contributed by atoms with Crippen molar-refractivity contribution in [3.63, 3.8) is 0 Å². The van der Waals surface area contributed by atoms with Gasteiger partial charge in [-0.2, -0.15) is 0 Å². The number of hydrogen-bond donors (Lipinski definition) is 2. The van der Waals surface area contributed by atoms with Crippen LogP contribution in [0.15, 0.2) is 24.3 Å². The summed E-state index contributed by atoms with van der Waals surface area (Å²) in [5.74, 6) is 0.356. The van der Waals surface area contributed by atoms with Crippen LogP contribution < -0.4 is 5.32 Å². The average molecular weight is 283 g/mol. The molecule has 1 heterocycles. The van der Waals surface area contributed by atoms with E-state index in [2.05, 4.69) is 5.32 Å². The van der Waals surface area contributed by atoms with Crippen molar-refractivity contribution < 1.29 is 13.5 Å². The normalized spacial score (nSPS) is 20.9. The number of benzene rings is 1. The van der Waals surface area contributed by atoms with Crippen molar-refractivity contribution >= 4 is 9.84 Å². The van der Waals surface area contributed by atoms with Gasteiger partial charge < -0.3 is 10.4 Å². The molecule has 1 aliphatic rings. The summed E-state index contributed by atoms with van der Waals surface area (Å²) in [7, 11) is -3.04. The van der Waals surface area contributed by atoms with Crippen LogP contribution in [0.25, 0.3) is 0 Å². The third kappa shape index (κ3) is 4.21. The Bertz CT molecular complexity index is 505.